The van der Waals surface area contributed by atoms with Gasteiger partial charge in [-0.05, 0) is 50.3 Å². The lowest BCUT2D eigenvalue weighted by Crippen LogP contribution is -2.39. The number of methoxy groups -OCH3 is 1. The van der Waals surface area contributed by atoms with Crippen molar-refractivity contribution in [1.82, 2.24) is 10.6 Å². The van der Waals surface area contributed by atoms with Crippen LogP contribution in [0.1, 0.15) is 38.2 Å². The Kier molecular flexibility index (Phi) is 13.3. The number of halogens is 1. The Morgan fingerprint density at radius 1 is 1.22 bits per heavy atom. The first-order chi connectivity index (χ1) is 12.8. The molecule has 1 aliphatic heterocycles. The lowest BCUT2D eigenvalue weighted by atomic mass is 10.2. The minimum Gasteiger partial charge on any atom is -0.497 e. The van der Waals surface area contributed by atoms with E-state index >= 15 is 0 Å². The van der Waals surface area contributed by atoms with Crippen LogP contribution in [-0.4, -0.2) is 52.1 Å². The number of guanidine groups is 1. The molecule has 7 heteroatoms. The van der Waals surface area contributed by atoms with Crippen molar-refractivity contribution in [3.8, 4) is 5.75 Å². The molecule has 0 spiro atoms. The quantitative estimate of drug-likeness (QED) is 0.215. The van der Waals surface area contributed by atoms with Gasteiger partial charge in [0, 0.05) is 32.9 Å². The van der Waals surface area contributed by atoms with E-state index in [2.05, 4.69) is 10.6 Å². The van der Waals surface area contributed by atoms with Crippen molar-refractivity contribution in [3.05, 3.63) is 29.8 Å². The number of nitrogens with one attached hydrogen (secondary N) is 2. The van der Waals surface area contributed by atoms with E-state index in [1.165, 1.54) is 12.8 Å². The summed E-state index contributed by atoms with van der Waals surface area (Å²) in [5.41, 5.74) is 1.15. The summed E-state index contributed by atoms with van der Waals surface area (Å²) in [5.74, 6) is 1.71. The number of benzene rings is 1. The van der Waals surface area contributed by atoms with Crippen molar-refractivity contribution < 1.29 is 14.2 Å². The second-order valence-corrected chi connectivity index (χ2v) is 6.34. The zero-order chi connectivity index (χ0) is 18.5. The summed E-state index contributed by atoms with van der Waals surface area (Å²) >= 11 is 0. The number of rotatable bonds is 11. The molecule has 2 N–H and O–H groups in total. The van der Waals surface area contributed by atoms with Crippen LogP contribution < -0.4 is 15.4 Å². The molecular formula is C20H34IN3O3. The zero-order valence-electron chi connectivity index (χ0n) is 16.5. The molecule has 6 nitrogen and oxygen atoms in total. The van der Waals surface area contributed by atoms with E-state index in [0.717, 1.165) is 63.0 Å². The van der Waals surface area contributed by atoms with Gasteiger partial charge >= 0.3 is 0 Å². The fourth-order valence-corrected chi connectivity index (χ4v) is 2.82. The summed E-state index contributed by atoms with van der Waals surface area (Å²) in [6.45, 7) is 6.79. The fraction of sp³-hybridized carbons (Fsp3) is 0.650. The highest BCUT2D eigenvalue weighted by Gasteiger charge is 2.14. The van der Waals surface area contributed by atoms with E-state index in [1.807, 2.05) is 31.2 Å². The monoisotopic (exact) mass is 491 g/mol. The van der Waals surface area contributed by atoms with Gasteiger partial charge in [0.25, 0.3) is 0 Å². The van der Waals surface area contributed by atoms with Gasteiger partial charge in [0.05, 0.1) is 19.8 Å². The topological polar surface area (TPSA) is 64.1 Å². The van der Waals surface area contributed by atoms with Crippen molar-refractivity contribution in [1.29, 1.82) is 0 Å². The lowest BCUT2D eigenvalue weighted by molar-refractivity contribution is 0.105. The Bertz CT molecular complexity index is 520. The van der Waals surface area contributed by atoms with Crippen molar-refractivity contribution in [2.24, 2.45) is 4.99 Å². The molecule has 1 aliphatic rings. The summed E-state index contributed by atoms with van der Waals surface area (Å²) in [6, 6.07) is 8.01. The highest BCUT2D eigenvalue weighted by atomic mass is 127. The van der Waals surface area contributed by atoms with Gasteiger partial charge in [0.2, 0.25) is 0 Å². The van der Waals surface area contributed by atoms with E-state index < -0.39 is 0 Å². The zero-order valence-corrected chi connectivity index (χ0v) is 18.9. The second-order valence-electron chi connectivity index (χ2n) is 6.34. The average Bonchev–Trinajstić information content (AvgIpc) is 3.19. The number of ether oxygens (including phenoxy) is 3. The smallest absolute Gasteiger partial charge is 0.191 e. The molecule has 1 aromatic carbocycles. The Balaban J connectivity index is 0.00000364. The van der Waals surface area contributed by atoms with Crippen LogP contribution in [0.2, 0.25) is 0 Å². The molecule has 27 heavy (non-hydrogen) atoms. The maximum atomic E-state index is 5.68. The van der Waals surface area contributed by atoms with Crippen LogP contribution in [0, 0.1) is 0 Å². The van der Waals surface area contributed by atoms with Crippen LogP contribution in [0.4, 0.5) is 0 Å². The van der Waals surface area contributed by atoms with E-state index in [0.29, 0.717) is 12.6 Å². The van der Waals surface area contributed by atoms with Crippen molar-refractivity contribution in [2.45, 2.75) is 45.3 Å². The molecule has 0 radical (unpaired) electrons. The highest BCUT2D eigenvalue weighted by Crippen LogP contribution is 2.14. The molecule has 1 aromatic rings. The van der Waals surface area contributed by atoms with Gasteiger partial charge in [-0.1, -0.05) is 12.1 Å². The van der Waals surface area contributed by atoms with E-state index in [-0.39, 0.29) is 24.0 Å². The minimum absolute atomic E-state index is 0. The van der Waals surface area contributed by atoms with Crippen molar-refractivity contribution in [2.75, 3.05) is 40.0 Å². The van der Waals surface area contributed by atoms with Crippen LogP contribution in [0.25, 0.3) is 0 Å². The summed E-state index contributed by atoms with van der Waals surface area (Å²) in [5, 5.41) is 6.81. The molecule has 1 fully saturated rings. The van der Waals surface area contributed by atoms with Crippen LogP contribution in [-0.2, 0) is 16.0 Å². The largest absolute Gasteiger partial charge is 0.497 e. The molecule has 1 saturated heterocycles. The number of aliphatic imine (C=N–C) groups is 1. The van der Waals surface area contributed by atoms with Crippen LogP contribution >= 0.6 is 24.0 Å². The summed E-state index contributed by atoms with van der Waals surface area (Å²) in [4.78, 5) is 4.70. The van der Waals surface area contributed by atoms with Gasteiger partial charge < -0.3 is 24.8 Å². The van der Waals surface area contributed by atoms with Crippen LogP contribution in [0.15, 0.2) is 29.3 Å². The summed E-state index contributed by atoms with van der Waals surface area (Å²) in [6.07, 6.45) is 4.72. The average molecular weight is 491 g/mol. The normalized spacial score (nSPS) is 16.7. The molecule has 1 heterocycles. The number of nitrogens with zero attached hydrogens (tertiary/aromatic N) is 1. The number of hydrogen-bond acceptors (Lipinski definition) is 4. The molecule has 154 valence electrons. The van der Waals surface area contributed by atoms with E-state index in [1.54, 1.807) is 7.11 Å². The molecule has 0 aliphatic carbocycles. The maximum Gasteiger partial charge on any atom is 0.191 e. The molecule has 0 amide bonds. The first kappa shape index (κ1) is 24.0. The fourth-order valence-electron chi connectivity index (χ4n) is 2.82. The Morgan fingerprint density at radius 3 is 2.67 bits per heavy atom. The molecule has 0 aromatic heterocycles. The van der Waals surface area contributed by atoms with Crippen molar-refractivity contribution >= 4 is 29.9 Å². The van der Waals surface area contributed by atoms with E-state index in [4.69, 9.17) is 19.2 Å². The van der Waals surface area contributed by atoms with Gasteiger partial charge in [-0.3, -0.25) is 0 Å². The minimum atomic E-state index is 0. The summed E-state index contributed by atoms with van der Waals surface area (Å²) in [7, 11) is 1.68. The predicted molar refractivity (Wildman–Crippen MR) is 120 cm³/mol. The Labute approximate surface area is 180 Å². The van der Waals surface area contributed by atoms with Gasteiger partial charge in [-0.2, -0.15) is 0 Å². The molecular weight excluding hydrogens is 457 g/mol. The standard InChI is InChI=1S/C20H33N3O3.HI/c1-3-25-14-5-12-21-20(22-13-11-19-6-4-15-26-19)23-16-17-7-9-18(24-2)10-8-17;/h7-10,19H,3-6,11-16H2,1-2H3,(H2,21,22,23);1H. The summed E-state index contributed by atoms with van der Waals surface area (Å²) < 4.78 is 16.3. The van der Waals surface area contributed by atoms with Gasteiger partial charge in [0.1, 0.15) is 5.75 Å². The molecule has 1 unspecified atom stereocenters. The predicted octanol–water partition coefficient (Wildman–Crippen LogP) is 3.34. The van der Waals surface area contributed by atoms with Gasteiger partial charge in [-0.15, -0.1) is 24.0 Å². The van der Waals surface area contributed by atoms with Gasteiger partial charge in [0.15, 0.2) is 5.96 Å². The first-order valence-corrected chi connectivity index (χ1v) is 9.66. The SMILES string of the molecule is CCOCCCNC(=NCc1ccc(OC)cc1)NCCC1CCCO1.I. The van der Waals surface area contributed by atoms with Crippen LogP contribution in [0.3, 0.4) is 0 Å². The maximum absolute atomic E-state index is 5.68. The Hall–Kier alpha value is -1.06. The third kappa shape index (κ3) is 10.2. The second kappa shape index (κ2) is 14.9. The molecule has 0 bridgehead atoms. The Morgan fingerprint density at radius 2 is 2.00 bits per heavy atom. The van der Waals surface area contributed by atoms with Crippen LogP contribution in [0.5, 0.6) is 5.75 Å². The highest BCUT2D eigenvalue weighted by molar-refractivity contribution is 14.0. The first-order valence-electron chi connectivity index (χ1n) is 9.66. The third-order valence-corrected chi connectivity index (χ3v) is 4.32. The molecule has 0 saturated carbocycles. The van der Waals surface area contributed by atoms with E-state index in [9.17, 15) is 0 Å². The number of hydrogen-bond donors (Lipinski definition) is 2. The van der Waals surface area contributed by atoms with Gasteiger partial charge in [-0.25, -0.2) is 4.99 Å². The molecule has 1 atom stereocenters. The van der Waals surface area contributed by atoms with Crippen molar-refractivity contribution in [3.63, 3.8) is 0 Å². The third-order valence-electron chi connectivity index (χ3n) is 4.32. The molecule has 2 rings (SSSR count). The lowest BCUT2D eigenvalue weighted by Gasteiger charge is -2.15.